The topological polar surface area (TPSA) is 59.0 Å². The van der Waals surface area contributed by atoms with E-state index in [0.29, 0.717) is 28.9 Å². The van der Waals surface area contributed by atoms with Crippen LogP contribution in [0.3, 0.4) is 0 Å². The van der Waals surface area contributed by atoms with Crippen LogP contribution in [0.1, 0.15) is 13.8 Å². The Bertz CT molecular complexity index is 1050. The van der Waals surface area contributed by atoms with Gasteiger partial charge in [-0.25, -0.2) is 0 Å². The van der Waals surface area contributed by atoms with Crippen LogP contribution in [0.15, 0.2) is 48.9 Å². The molecule has 1 aliphatic rings. The van der Waals surface area contributed by atoms with E-state index in [1.807, 2.05) is 36.4 Å². The maximum Gasteiger partial charge on any atom is 0.231 e. The van der Waals surface area contributed by atoms with Gasteiger partial charge in [0.1, 0.15) is 0 Å². The van der Waals surface area contributed by atoms with Crippen LogP contribution < -0.4 is 23.7 Å². The lowest BCUT2D eigenvalue weighted by Crippen LogP contribution is -1.97. The van der Waals surface area contributed by atoms with Gasteiger partial charge in [0.25, 0.3) is 0 Å². The van der Waals surface area contributed by atoms with Gasteiger partial charge >= 0.3 is 0 Å². The smallest absolute Gasteiger partial charge is 0.231 e. The molecule has 0 radical (unpaired) electrons. The second-order valence-electron chi connectivity index (χ2n) is 6.99. The molecular formula is C23H23NO5. The first-order valence-electron chi connectivity index (χ1n) is 9.38. The molecule has 2 aromatic carbocycles. The van der Waals surface area contributed by atoms with Crippen molar-refractivity contribution in [1.29, 1.82) is 0 Å². The molecule has 0 bridgehead atoms. The quantitative estimate of drug-likeness (QED) is 0.537. The van der Waals surface area contributed by atoms with E-state index >= 15 is 0 Å². The van der Waals surface area contributed by atoms with Crippen LogP contribution in [0.2, 0.25) is 0 Å². The molecule has 0 aliphatic carbocycles. The fraction of sp³-hybridized carbons (Fsp3) is 0.261. The normalized spacial score (nSPS) is 12.7. The summed E-state index contributed by atoms with van der Waals surface area (Å²) in [6.07, 6.45) is 5.39. The minimum Gasteiger partial charge on any atom is -0.493 e. The van der Waals surface area contributed by atoms with Crippen LogP contribution in [0.4, 0.5) is 0 Å². The molecule has 3 aromatic rings. The second kappa shape index (κ2) is 7.91. The molecule has 2 heterocycles. The molecule has 4 rings (SSSR count). The number of benzene rings is 2. The van der Waals surface area contributed by atoms with Crippen LogP contribution in [0.5, 0.6) is 28.7 Å². The molecular weight excluding hydrogens is 370 g/mol. The Morgan fingerprint density at radius 3 is 2.34 bits per heavy atom. The molecule has 0 saturated heterocycles. The molecule has 0 atom stereocenters. The zero-order chi connectivity index (χ0) is 20.4. The number of hydrogen-bond donors (Lipinski definition) is 0. The largest absolute Gasteiger partial charge is 0.493 e. The van der Waals surface area contributed by atoms with Crippen molar-refractivity contribution in [3.05, 3.63) is 48.9 Å². The van der Waals surface area contributed by atoms with Gasteiger partial charge in [-0.15, -0.1) is 0 Å². The summed E-state index contributed by atoms with van der Waals surface area (Å²) in [5.74, 6) is 3.47. The molecule has 0 saturated carbocycles. The SMILES string of the molecule is COc1cc(-c2nccc3cc4c(cc23)OCO4)cc(OC)c1OC=CC(C)C. The van der Waals surface area contributed by atoms with Crippen LogP contribution >= 0.6 is 0 Å². The number of methoxy groups -OCH3 is 2. The molecule has 6 nitrogen and oxygen atoms in total. The Kier molecular flexibility index (Phi) is 5.16. The van der Waals surface area contributed by atoms with Crippen molar-refractivity contribution in [2.75, 3.05) is 21.0 Å². The van der Waals surface area contributed by atoms with Gasteiger partial charge in [-0.05, 0) is 47.7 Å². The monoisotopic (exact) mass is 393 g/mol. The van der Waals surface area contributed by atoms with E-state index in [0.717, 1.165) is 27.8 Å². The number of pyridine rings is 1. The van der Waals surface area contributed by atoms with Crippen molar-refractivity contribution in [3.8, 4) is 40.0 Å². The van der Waals surface area contributed by atoms with Gasteiger partial charge in [0.05, 0.1) is 26.2 Å². The lowest BCUT2D eigenvalue weighted by molar-refractivity contribution is 0.174. The summed E-state index contributed by atoms with van der Waals surface area (Å²) in [7, 11) is 3.21. The Hall–Kier alpha value is -3.41. The fourth-order valence-corrected chi connectivity index (χ4v) is 3.19. The van der Waals surface area contributed by atoms with Gasteiger partial charge < -0.3 is 23.7 Å². The van der Waals surface area contributed by atoms with Crippen molar-refractivity contribution in [3.63, 3.8) is 0 Å². The van der Waals surface area contributed by atoms with Crippen molar-refractivity contribution in [2.24, 2.45) is 5.92 Å². The van der Waals surface area contributed by atoms with Crippen molar-refractivity contribution >= 4 is 10.8 Å². The van der Waals surface area contributed by atoms with Crippen LogP contribution in [0, 0.1) is 5.92 Å². The molecule has 1 aliphatic heterocycles. The van der Waals surface area contributed by atoms with Gasteiger partial charge in [-0.3, -0.25) is 4.98 Å². The Morgan fingerprint density at radius 1 is 1.00 bits per heavy atom. The first-order valence-corrected chi connectivity index (χ1v) is 9.38. The van der Waals surface area contributed by atoms with Gasteiger partial charge in [0.2, 0.25) is 12.5 Å². The number of allylic oxidation sites excluding steroid dienone is 1. The molecule has 29 heavy (non-hydrogen) atoms. The standard InChI is InChI=1S/C23H23NO5/c1-14(2)6-8-27-23-20(25-3)10-16(11-21(23)26-4)22-17-12-19-18(28-13-29-19)9-15(17)5-7-24-22/h5-12,14H,13H2,1-4H3. The molecule has 0 spiro atoms. The van der Waals surface area contributed by atoms with Gasteiger partial charge in [-0.2, -0.15) is 0 Å². The molecule has 0 N–H and O–H groups in total. The number of aromatic nitrogens is 1. The van der Waals surface area contributed by atoms with E-state index in [4.69, 9.17) is 23.7 Å². The van der Waals surface area contributed by atoms with E-state index in [-0.39, 0.29) is 6.79 Å². The van der Waals surface area contributed by atoms with Crippen molar-refractivity contribution in [2.45, 2.75) is 13.8 Å². The number of hydrogen-bond acceptors (Lipinski definition) is 6. The zero-order valence-corrected chi connectivity index (χ0v) is 16.9. The van der Waals surface area contributed by atoms with Gasteiger partial charge in [0.15, 0.2) is 23.0 Å². The maximum atomic E-state index is 5.81. The summed E-state index contributed by atoms with van der Waals surface area (Å²) in [4.78, 5) is 4.61. The van der Waals surface area contributed by atoms with E-state index in [9.17, 15) is 0 Å². The summed E-state index contributed by atoms with van der Waals surface area (Å²) in [5, 5.41) is 1.96. The third-order valence-electron chi connectivity index (χ3n) is 4.64. The zero-order valence-electron chi connectivity index (χ0n) is 16.9. The highest BCUT2D eigenvalue weighted by Gasteiger charge is 2.19. The van der Waals surface area contributed by atoms with Crippen LogP contribution in [-0.2, 0) is 0 Å². The maximum absolute atomic E-state index is 5.81. The molecule has 150 valence electrons. The highest BCUT2D eigenvalue weighted by Crippen LogP contribution is 2.44. The minimum atomic E-state index is 0.228. The Balaban J connectivity index is 1.83. The lowest BCUT2D eigenvalue weighted by atomic mass is 10.0. The van der Waals surface area contributed by atoms with E-state index < -0.39 is 0 Å². The molecule has 0 unspecified atom stereocenters. The van der Waals surface area contributed by atoms with Crippen LogP contribution in [0.25, 0.3) is 22.0 Å². The summed E-state index contributed by atoms with van der Waals surface area (Å²) in [6, 6.07) is 9.66. The molecule has 6 heteroatoms. The fourth-order valence-electron chi connectivity index (χ4n) is 3.19. The molecule has 1 aromatic heterocycles. The predicted molar refractivity (Wildman–Crippen MR) is 111 cm³/mol. The molecule has 0 fully saturated rings. The van der Waals surface area contributed by atoms with E-state index in [2.05, 4.69) is 18.8 Å². The number of nitrogens with zero attached hydrogens (tertiary/aromatic N) is 1. The third kappa shape index (κ3) is 3.66. The predicted octanol–water partition coefficient (Wildman–Crippen LogP) is 5.20. The third-order valence-corrected chi connectivity index (χ3v) is 4.64. The van der Waals surface area contributed by atoms with Crippen molar-refractivity contribution < 1.29 is 23.7 Å². The average Bonchev–Trinajstić information content (AvgIpc) is 3.18. The summed E-state index contributed by atoms with van der Waals surface area (Å²) in [5.41, 5.74) is 1.64. The molecule has 0 amide bonds. The van der Waals surface area contributed by atoms with Gasteiger partial charge in [-0.1, -0.05) is 13.8 Å². The lowest BCUT2D eigenvalue weighted by Gasteiger charge is -2.15. The summed E-state index contributed by atoms with van der Waals surface area (Å²) >= 11 is 0. The second-order valence-corrected chi connectivity index (χ2v) is 6.99. The van der Waals surface area contributed by atoms with E-state index in [1.54, 1.807) is 26.7 Å². The first kappa shape index (κ1) is 18.9. The highest BCUT2D eigenvalue weighted by atomic mass is 16.7. The Morgan fingerprint density at radius 2 is 1.69 bits per heavy atom. The number of ether oxygens (including phenoxy) is 5. The number of rotatable bonds is 6. The summed E-state index contributed by atoms with van der Waals surface area (Å²) in [6.45, 7) is 4.39. The van der Waals surface area contributed by atoms with Crippen LogP contribution in [-0.4, -0.2) is 26.0 Å². The minimum absolute atomic E-state index is 0.228. The summed E-state index contributed by atoms with van der Waals surface area (Å²) < 4.78 is 28.0. The van der Waals surface area contributed by atoms with E-state index in [1.165, 1.54) is 0 Å². The Labute approximate surface area is 169 Å². The van der Waals surface area contributed by atoms with Crippen molar-refractivity contribution in [1.82, 2.24) is 4.98 Å². The van der Waals surface area contributed by atoms with Gasteiger partial charge in [0, 0.05) is 17.1 Å². The number of fused-ring (bicyclic) bond motifs is 2. The highest BCUT2D eigenvalue weighted by molar-refractivity contribution is 5.97. The first-order chi connectivity index (χ1) is 14.1. The average molecular weight is 393 g/mol.